The summed E-state index contributed by atoms with van der Waals surface area (Å²) in [7, 11) is 0. The Kier molecular flexibility index (Phi) is 10.4. The Morgan fingerprint density at radius 1 is 0.800 bits per heavy atom. The Balaban J connectivity index is 1.95. The summed E-state index contributed by atoms with van der Waals surface area (Å²) in [5.41, 5.74) is 2.63. The molecule has 25 heavy (non-hydrogen) atoms. The van der Waals surface area contributed by atoms with E-state index in [1.807, 2.05) is 0 Å². The molecule has 0 fully saturated rings. The highest BCUT2D eigenvalue weighted by molar-refractivity contribution is 5.70. The predicted octanol–water partition coefficient (Wildman–Crippen LogP) is 2.27. The molecule has 0 unspecified atom stereocenters. The zero-order valence-corrected chi connectivity index (χ0v) is 15.9. The molecule has 142 valence electrons. The van der Waals surface area contributed by atoms with Crippen molar-refractivity contribution in [3.05, 3.63) is 24.3 Å². The Bertz CT molecular complexity index is 451. The lowest BCUT2D eigenvalue weighted by molar-refractivity contribution is 0.562. The number of benzene rings is 1. The molecule has 0 aliphatic carbocycles. The molecule has 5 heteroatoms. The van der Waals surface area contributed by atoms with Crippen LogP contribution < -0.4 is 26.2 Å². The molecular formula is C20H37N5. The smallest absolute Gasteiger partial charge is 0.0602 e. The third kappa shape index (κ3) is 8.08. The molecule has 0 aromatic heterocycles. The average molecular weight is 348 g/mol. The van der Waals surface area contributed by atoms with Crippen molar-refractivity contribution >= 4 is 11.4 Å². The van der Waals surface area contributed by atoms with E-state index < -0.39 is 0 Å². The van der Waals surface area contributed by atoms with Gasteiger partial charge < -0.3 is 26.2 Å². The van der Waals surface area contributed by atoms with E-state index in [2.05, 4.69) is 57.4 Å². The Morgan fingerprint density at radius 2 is 1.44 bits per heavy atom. The highest BCUT2D eigenvalue weighted by atomic mass is 15.1. The molecule has 4 N–H and O–H groups in total. The SMILES string of the molecule is CCCN1CCCNCCNCCNCCCCNc2ccccc21. The minimum Gasteiger partial charge on any atom is -0.383 e. The third-order valence-electron chi connectivity index (χ3n) is 4.57. The van der Waals surface area contributed by atoms with Gasteiger partial charge in [0.2, 0.25) is 0 Å². The Hall–Kier alpha value is -1.30. The van der Waals surface area contributed by atoms with Crippen LogP contribution in [0.15, 0.2) is 24.3 Å². The number of hydrogen-bond acceptors (Lipinski definition) is 5. The summed E-state index contributed by atoms with van der Waals surface area (Å²) in [4.78, 5) is 2.53. The van der Waals surface area contributed by atoms with Crippen LogP contribution in [-0.4, -0.2) is 58.9 Å². The summed E-state index contributed by atoms with van der Waals surface area (Å²) < 4.78 is 0. The van der Waals surface area contributed by atoms with Crippen molar-refractivity contribution in [1.29, 1.82) is 0 Å². The van der Waals surface area contributed by atoms with Crippen LogP contribution >= 0.6 is 0 Å². The standard InChI is InChI=1S/C20H37N5/c1-2-17-25-18-7-11-22-14-16-23-15-13-21-10-5-6-12-24-19-8-3-4-9-20(19)25/h3-4,8-9,21-24H,2,5-7,10-18H2,1H3. The summed E-state index contributed by atoms with van der Waals surface area (Å²) >= 11 is 0. The second-order valence-electron chi connectivity index (χ2n) is 6.74. The third-order valence-corrected chi connectivity index (χ3v) is 4.57. The molecule has 1 aromatic carbocycles. The molecule has 0 saturated heterocycles. The van der Waals surface area contributed by atoms with Crippen molar-refractivity contribution in [2.75, 3.05) is 69.1 Å². The Labute approximate surface area is 153 Å². The fraction of sp³-hybridized carbons (Fsp3) is 0.700. The summed E-state index contributed by atoms with van der Waals surface area (Å²) in [6.45, 7) is 11.9. The number of hydrogen-bond donors (Lipinski definition) is 4. The molecule has 2 rings (SSSR count). The van der Waals surface area contributed by atoms with Gasteiger partial charge in [0.25, 0.3) is 0 Å². The minimum absolute atomic E-state index is 1.04. The molecule has 5 nitrogen and oxygen atoms in total. The molecule has 0 amide bonds. The fourth-order valence-corrected chi connectivity index (χ4v) is 3.24. The zero-order valence-electron chi connectivity index (χ0n) is 15.9. The van der Waals surface area contributed by atoms with Crippen LogP contribution in [-0.2, 0) is 0 Å². The Morgan fingerprint density at radius 3 is 2.20 bits per heavy atom. The molecule has 1 aliphatic rings. The van der Waals surface area contributed by atoms with Gasteiger partial charge in [0, 0.05) is 45.8 Å². The molecule has 0 radical (unpaired) electrons. The second kappa shape index (κ2) is 13.0. The number of rotatable bonds is 2. The van der Waals surface area contributed by atoms with E-state index in [1.165, 1.54) is 37.1 Å². The average Bonchev–Trinajstić information content (AvgIpc) is 2.64. The number of anilines is 2. The monoisotopic (exact) mass is 347 g/mol. The number of nitrogens with one attached hydrogen (secondary N) is 4. The highest BCUT2D eigenvalue weighted by Crippen LogP contribution is 2.26. The van der Waals surface area contributed by atoms with Gasteiger partial charge >= 0.3 is 0 Å². The molecular weight excluding hydrogens is 310 g/mol. The predicted molar refractivity (Wildman–Crippen MR) is 110 cm³/mol. The molecule has 0 saturated carbocycles. The van der Waals surface area contributed by atoms with Crippen molar-refractivity contribution in [3.8, 4) is 0 Å². The largest absolute Gasteiger partial charge is 0.383 e. The first kappa shape index (κ1) is 20.0. The van der Waals surface area contributed by atoms with Crippen LogP contribution in [0.25, 0.3) is 0 Å². The lowest BCUT2D eigenvalue weighted by atomic mass is 10.2. The van der Waals surface area contributed by atoms with E-state index in [1.54, 1.807) is 0 Å². The van der Waals surface area contributed by atoms with Crippen molar-refractivity contribution < 1.29 is 0 Å². The number of para-hydroxylation sites is 2. The van der Waals surface area contributed by atoms with Gasteiger partial charge in [0.1, 0.15) is 0 Å². The van der Waals surface area contributed by atoms with Gasteiger partial charge in [-0.3, -0.25) is 0 Å². The van der Waals surface area contributed by atoms with Gasteiger partial charge in [-0.2, -0.15) is 0 Å². The van der Waals surface area contributed by atoms with E-state index >= 15 is 0 Å². The lowest BCUT2D eigenvalue weighted by Gasteiger charge is -2.27. The summed E-state index contributed by atoms with van der Waals surface area (Å²) in [5, 5.41) is 14.2. The van der Waals surface area contributed by atoms with Gasteiger partial charge in [-0.05, 0) is 50.9 Å². The van der Waals surface area contributed by atoms with Crippen molar-refractivity contribution in [3.63, 3.8) is 0 Å². The summed E-state index contributed by atoms with van der Waals surface area (Å²) in [6, 6.07) is 8.77. The summed E-state index contributed by atoms with van der Waals surface area (Å²) in [6.07, 6.45) is 4.77. The van der Waals surface area contributed by atoms with Gasteiger partial charge in [0.05, 0.1) is 11.4 Å². The van der Waals surface area contributed by atoms with Gasteiger partial charge in [-0.25, -0.2) is 0 Å². The van der Waals surface area contributed by atoms with Crippen molar-refractivity contribution in [2.45, 2.75) is 32.6 Å². The van der Waals surface area contributed by atoms with Gasteiger partial charge in [-0.15, -0.1) is 0 Å². The van der Waals surface area contributed by atoms with Crippen molar-refractivity contribution in [2.24, 2.45) is 0 Å². The van der Waals surface area contributed by atoms with Crippen LogP contribution in [0.5, 0.6) is 0 Å². The van der Waals surface area contributed by atoms with Crippen LogP contribution in [0.1, 0.15) is 32.6 Å². The maximum Gasteiger partial charge on any atom is 0.0602 e. The molecule has 0 bridgehead atoms. The van der Waals surface area contributed by atoms with Crippen LogP contribution in [0, 0.1) is 0 Å². The first-order valence-corrected chi connectivity index (χ1v) is 10.1. The zero-order chi connectivity index (χ0) is 17.6. The van der Waals surface area contributed by atoms with E-state index in [0.29, 0.717) is 0 Å². The van der Waals surface area contributed by atoms with Crippen LogP contribution in [0.4, 0.5) is 11.4 Å². The van der Waals surface area contributed by atoms with Crippen LogP contribution in [0.2, 0.25) is 0 Å². The molecule has 1 aromatic rings. The van der Waals surface area contributed by atoms with E-state index in [0.717, 1.165) is 58.9 Å². The molecule has 0 spiro atoms. The molecule has 1 heterocycles. The normalized spacial score (nSPS) is 19.3. The van der Waals surface area contributed by atoms with Gasteiger partial charge in [0.15, 0.2) is 0 Å². The second-order valence-corrected chi connectivity index (χ2v) is 6.74. The lowest BCUT2D eigenvalue weighted by Crippen LogP contribution is -2.34. The minimum atomic E-state index is 1.04. The summed E-state index contributed by atoms with van der Waals surface area (Å²) in [5.74, 6) is 0. The first-order valence-electron chi connectivity index (χ1n) is 10.1. The fourth-order valence-electron chi connectivity index (χ4n) is 3.24. The topological polar surface area (TPSA) is 51.4 Å². The van der Waals surface area contributed by atoms with E-state index in [-0.39, 0.29) is 0 Å². The van der Waals surface area contributed by atoms with E-state index in [4.69, 9.17) is 0 Å². The number of nitrogens with zero attached hydrogens (tertiary/aromatic N) is 1. The van der Waals surface area contributed by atoms with Gasteiger partial charge in [-0.1, -0.05) is 19.1 Å². The quantitative estimate of drug-likeness (QED) is 0.661. The maximum atomic E-state index is 3.66. The first-order chi connectivity index (χ1) is 12.4. The van der Waals surface area contributed by atoms with Crippen molar-refractivity contribution in [1.82, 2.24) is 16.0 Å². The van der Waals surface area contributed by atoms with Crippen LogP contribution in [0.3, 0.4) is 0 Å². The highest BCUT2D eigenvalue weighted by Gasteiger charge is 2.10. The molecule has 0 atom stereocenters. The number of fused-ring (bicyclic) bond motifs is 1. The van der Waals surface area contributed by atoms with E-state index in [9.17, 15) is 0 Å². The maximum absolute atomic E-state index is 3.66. The molecule has 1 aliphatic heterocycles.